The van der Waals surface area contributed by atoms with Crippen LogP contribution in [0.15, 0.2) is 91.1 Å². The van der Waals surface area contributed by atoms with Gasteiger partial charge in [0.05, 0.1) is 5.69 Å². The number of rotatable bonds is 10. The van der Waals surface area contributed by atoms with Gasteiger partial charge in [0.25, 0.3) is 0 Å². The number of ether oxygens (including phenoxy) is 1. The van der Waals surface area contributed by atoms with Crippen LogP contribution in [0.2, 0.25) is 0 Å². The van der Waals surface area contributed by atoms with Gasteiger partial charge in [-0.25, -0.2) is 4.98 Å². The zero-order valence-electron chi connectivity index (χ0n) is 29.9. The summed E-state index contributed by atoms with van der Waals surface area (Å²) < 4.78 is 10.9. The molecule has 0 aliphatic heterocycles. The van der Waals surface area contributed by atoms with Crippen molar-refractivity contribution in [1.82, 2.24) is 19.3 Å². The summed E-state index contributed by atoms with van der Waals surface area (Å²) >= 11 is 0. The van der Waals surface area contributed by atoms with Crippen LogP contribution in [0.1, 0.15) is 62.2 Å². The second kappa shape index (κ2) is 14.8. The molecule has 0 bridgehead atoms. The Hall–Kier alpha value is -4.47. The van der Waals surface area contributed by atoms with Gasteiger partial charge in [-0.1, -0.05) is 75.7 Å². The molecule has 50 heavy (non-hydrogen) atoms. The van der Waals surface area contributed by atoms with Gasteiger partial charge in [0, 0.05) is 34.5 Å². The predicted molar refractivity (Wildman–Crippen MR) is 201 cm³/mol. The Balaban J connectivity index is 0.00000432. The summed E-state index contributed by atoms with van der Waals surface area (Å²) in [5, 5.41) is 7.32. The van der Waals surface area contributed by atoms with Crippen LogP contribution in [0.3, 0.4) is 0 Å². The number of pyridine rings is 1. The minimum absolute atomic E-state index is 0. The maximum Gasteiger partial charge on any atom is 2.00 e. The molecule has 7 aromatic rings. The van der Waals surface area contributed by atoms with Gasteiger partial charge in [-0.15, -0.1) is 35.7 Å². The fourth-order valence-corrected chi connectivity index (χ4v) is 6.88. The van der Waals surface area contributed by atoms with E-state index in [9.17, 15) is 0 Å². The normalized spacial score (nSPS) is 11.5. The number of hydrogen-bond donors (Lipinski definition) is 0. The maximum absolute atomic E-state index is 6.65. The van der Waals surface area contributed by atoms with Crippen molar-refractivity contribution in [3.63, 3.8) is 0 Å². The number of hydrogen-bond acceptors (Lipinski definition) is 3. The summed E-state index contributed by atoms with van der Waals surface area (Å²) in [5.74, 6) is 3.28. The fourth-order valence-electron chi connectivity index (χ4n) is 6.88. The van der Waals surface area contributed by atoms with Crippen molar-refractivity contribution in [2.75, 3.05) is 0 Å². The minimum atomic E-state index is 0. The Labute approximate surface area is 310 Å². The molecule has 0 amide bonds. The number of aryl methyl sites for hydroxylation is 3. The van der Waals surface area contributed by atoms with Crippen LogP contribution in [0.25, 0.3) is 44.4 Å². The number of aromatic nitrogens is 4. The van der Waals surface area contributed by atoms with E-state index in [0.29, 0.717) is 23.3 Å². The molecule has 0 unspecified atom stereocenters. The quantitative estimate of drug-likeness (QED) is 0.129. The third-order valence-electron chi connectivity index (χ3n) is 9.19. The van der Waals surface area contributed by atoms with Crippen molar-refractivity contribution in [2.24, 2.45) is 11.8 Å². The van der Waals surface area contributed by atoms with Crippen LogP contribution < -0.4 is 4.74 Å². The van der Waals surface area contributed by atoms with Gasteiger partial charge in [0.2, 0.25) is 0 Å². The fraction of sp³-hybridized carbons (Fsp3) is 0.273. The second-order valence-electron chi connectivity index (χ2n) is 14.2. The molecule has 0 aliphatic carbocycles. The standard InChI is InChI=1S/C44H44N4O.Pt/c1-28(2)13-14-33-15-18-41-40(25-33)39-17-16-37(27-42(39)47(41)43-22-30(5)19-20-45-43)49-38-24-34(21-29(3)4)23-36(26-38)48-32(7)44(31(6)46-48)35-11-9-8-10-12-35;/h8-12,15-20,22-25,28-29H,13-14,21H2,1-7H3;/q-2;+2. The Morgan fingerprint density at radius 2 is 1.56 bits per heavy atom. The van der Waals surface area contributed by atoms with E-state index >= 15 is 0 Å². The molecule has 0 spiro atoms. The Morgan fingerprint density at radius 1 is 0.760 bits per heavy atom. The van der Waals surface area contributed by atoms with Crippen molar-refractivity contribution in [3.8, 4) is 34.1 Å². The molecule has 7 rings (SSSR count). The predicted octanol–water partition coefficient (Wildman–Crippen LogP) is 11.1. The van der Waals surface area contributed by atoms with Gasteiger partial charge in [-0.2, -0.15) is 16.7 Å². The molecule has 4 aromatic carbocycles. The van der Waals surface area contributed by atoms with E-state index in [-0.39, 0.29) is 21.1 Å². The number of nitrogens with zero attached hydrogens (tertiary/aromatic N) is 4. The topological polar surface area (TPSA) is 44.9 Å². The first kappa shape index (κ1) is 35.4. The van der Waals surface area contributed by atoms with E-state index in [1.165, 1.54) is 16.5 Å². The molecule has 5 nitrogen and oxygen atoms in total. The van der Waals surface area contributed by atoms with E-state index in [0.717, 1.165) is 75.3 Å². The van der Waals surface area contributed by atoms with Gasteiger partial charge in [-0.05, 0) is 97.8 Å². The Bertz CT molecular complexity index is 2280. The Kier molecular flexibility index (Phi) is 10.5. The van der Waals surface area contributed by atoms with E-state index < -0.39 is 0 Å². The molecule has 0 atom stereocenters. The summed E-state index contributed by atoms with van der Waals surface area (Å²) in [6.45, 7) is 15.3. The van der Waals surface area contributed by atoms with Gasteiger partial charge in [0.15, 0.2) is 0 Å². The van der Waals surface area contributed by atoms with Crippen molar-refractivity contribution in [3.05, 3.63) is 131 Å². The van der Waals surface area contributed by atoms with E-state index in [2.05, 4.69) is 132 Å². The summed E-state index contributed by atoms with van der Waals surface area (Å²) in [7, 11) is 0. The maximum atomic E-state index is 6.65. The number of fused-ring (bicyclic) bond motifs is 3. The van der Waals surface area contributed by atoms with Gasteiger partial charge in [-0.3, -0.25) is 4.68 Å². The van der Waals surface area contributed by atoms with Crippen molar-refractivity contribution >= 4 is 21.8 Å². The van der Waals surface area contributed by atoms with Gasteiger partial charge in [0.1, 0.15) is 5.82 Å². The second-order valence-corrected chi connectivity index (χ2v) is 14.2. The molecule has 6 heteroatoms. The van der Waals surface area contributed by atoms with Crippen LogP contribution in [0, 0.1) is 44.7 Å². The molecule has 3 aromatic heterocycles. The SMILES string of the molecule is Cc1ccnc(-n2c3[c-]c(Oc4[c-]c(-n5nc(C)c(-c6ccccc6)c5C)cc(CC(C)C)c4)ccc3c3cc(CCC(C)C)ccc32)c1.[Pt+2]. The van der Waals surface area contributed by atoms with E-state index in [4.69, 9.17) is 14.8 Å². The molecule has 0 radical (unpaired) electrons. The summed E-state index contributed by atoms with van der Waals surface area (Å²) in [5.41, 5.74) is 11.0. The summed E-state index contributed by atoms with van der Waals surface area (Å²) in [6.07, 6.45) is 5.00. The molecule has 256 valence electrons. The molecule has 0 N–H and O–H groups in total. The average molecular weight is 840 g/mol. The molecule has 0 aliphatic rings. The first-order valence-corrected chi connectivity index (χ1v) is 17.4. The summed E-state index contributed by atoms with van der Waals surface area (Å²) in [4.78, 5) is 4.79. The van der Waals surface area contributed by atoms with Crippen LogP contribution in [-0.2, 0) is 33.9 Å². The van der Waals surface area contributed by atoms with Crippen molar-refractivity contribution < 1.29 is 25.8 Å². The van der Waals surface area contributed by atoms with Crippen LogP contribution in [0.5, 0.6) is 11.5 Å². The first-order valence-electron chi connectivity index (χ1n) is 17.4. The third kappa shape index (κ3) is 7.21. The van der Waals surface area contributed by atoms with E-state index in [1.54, 1.807) is 0 Å². The molecular formula is C44H44N4OPt. The van der Waals surface area contributed by atoms with Gasteiger partial charge >= 0.3 is 21.1 Å². The number of benzene rings is 4. The molecule has 0 fully saturated rings. The third-order valence-corrected chi connectivity index (χ3v) is 9.19. The largest absolute Gasteiger partial charge is 2.00 e. The smallest absolute Gasteiger partial charge is 0.509 e. The van der Waals surface area contributed by atoms with Crippen molar-refractivity contribution in [2.45, 2.75) is 67.7 Å². The zero-order chi connectivity index (χ0) is 34.2. The van der Waals surface area contributed by atoms with Crippen LogP contribution >= 0.6 is 0 Å². The minimum Gasteiger partial charge on any atom is -0.509 e. The molecule has 0 saturated heterocycles. The Morgan fingerprint density at radius 3 is 2.30 bits per heavy atom. The van der Waals surface area contributed by atoms with Crippen LogP contribution in [0.4, 0.5) is 0 Å². The molecule has 3 heterocycles. The van der Waals surface area contributed by atoms with Gasteiger partial charge < -0.3 is 9.30 Å². The zero-order valence-corrected chi connectivity index (χ0v) is 32.2. The first-order chi connectivity index (χ1) is 23.6. The van der Waals surface area contributed by atoms with Crippen LogP contribution in [-0.4, -0.2) is 19.3 Å². The van der Waals surface area contributed by atoms with E-state index in [1.807, 2.05) is 29.1 Å². The average Bonchev–Trinajstić information content (AvgIpc) is 3.55. The monoisotopic (exact) mass is 839 g/mol. The van der Waals surface area contributed by atoms with Crippen molar-refractivity contribution in [1.29, 1.82) is 0 Å². The molecule has 0 saturated carbocycles. The summed E-state index contributed by atoms with van der Waals surface area (Å²) in [6, 6.07) is 37.1. The molecular weight excluding hydrogens is 796 g/mol.